The first-order chi connectivity index (χ1) is 5.66. The van der Waals surface area contributed by atoms with Crippen LogP contribution in [-0.4, -0.2) is 30.8 Å². The van der Waals surface area contributed by atoms with Gasteiger partial charge in [0.2, 0.25) is 5.78 Å². The first-order valence-corrected chi connectivity index (χ1v) is 4.34. The Balaban J connectivity index is 3.44. The predicted octanol–water partition coefficient (Wildman–Crippen LogP) is 1.31. The number of ketones is 1. The summed E-state index contributed by atoms with van der Waals surface area (Å²) in [6, 6.07) is 0. The minimum absolute atomic E-state index is 0.0480. The number of hydrogen-bond acceptors (Lipinski definition) is 2. The van der Waals surface area contributed by atoms with E-state index in [2.05, 4.69) is 30.7 Å². The third-order valence-electron chi connectivity index (χ3n) is 1.49. The van der Waals surface area contributed by atoms with Gasteiger partial charge in [-0.1, -0.05) is 12.8 Å². The van der Waals surface area contributed by atoms with Crippen LogP contribution in [0.3, 0.4) is 0 Å². The van der Waals surface area contributed by atoms with Gasteiger partial charge in [-0.05, 0) is 25.9 Å². The van der Waals surface area contributed by atoms with E-state index < -0.39 is 0 Å². The molecule has 0 N–H and O–H groups in total. The van der Waals surface area contributed by atoms with Crippen molar-refractivity contribution >= 4 is 5.78 Å². The molecule has 0 saturated carbocycles. The number of Topliss-reactive ketones (excluding diaryl/α,β-unsaturated/α-hetero) is 1. The Bertz CT molecular complexity index is 188. The molecule has 0 spiro atoms. The lowest BCUT2D eigenvalue weighted by molar-refractivity contribution is -0.111. The van der Waals surface area contributed by atoms with Crippen molar-refractivity contribution in [1.82, 2.24) is 4.90 Å². The summed E-state index contributed by atoms with van der Waals surface area (Å²) in [6.45, 7) is 5.69. The van der Waals surface area contributed by atoms with Crippen molar-refractivity contribution in [3.05, 3.63) is 0 Å². The SMILES string of the molecule is CCCN(C)CCC#CC(C)=O. The normalized spacial score (nSPS) is 9.33. The van der Waals surface area contributed by atoms with Crippen LogP contribution in [0.1, 0.15) is 26.7 Å². The minimum atomic E-state index is -0.0480. The number of carbonyl (C=O) groups is 1. The summed E-state index contributed by atoms with van der Waals surface area (Å²) in [5.74, 6) is 5.31. The van der Waals surface area contributed by atoms with Crippen molar-refractivity contribution in [3.8, 4) is 11.8 Å². The van der Waals surface area contributed by atoms with Crippen LogP contribution in [0.25, 0.3) is 0 Å². The molecule has 2 nitrogen and oxygen atoms in total. The standard InChI is InChI=1S/C10H17NO/c1-4-8-11(3)9-6-5-7-10(2)12/h4,6,8-9H2,1-3H3. The lowest BCUT2D eigenvalue weighted by atomic mass is 10.3. The van der Waals surface area contributed by atoms with Crippen molar-refractivity contribution in [2.75, 3.05) is 20.1 Å². The van der Waals surface area contributed by atoms with E-state index in [1.165, 1.54) is 6.92 Å². The Morgan fingerprint density at radius 2 is 2.08 bits per heavy atom. The number of rotatable bonds is 4. The molecule has 0 aliphatic rings. The topological polar surface area (TPSA) is 20.3 Å². The van der Waals surface area contributed by atoms with E-state index in [-0.39, 0.29) is 5.78 Å². The van der Waals surface area contributed by atoms with Gasteiger partial charge in [0.25, 0.3) is 0 Å². The zero-order valence-electron chi connectivity index (χ0n) is 8.18. The maximum Gasteiger partial charge on any atom is 0.202 e. The highest BCUT2D eigenvalue weighted by Crippen LogP contribution is 1.87. The molecule has 0 rings (SSSR count). The molecule has 0 amide bonds. The van der Waals surface area contributed by atoms with Crippen LogP contribution in [0.4, 0.5) is 0 Å². The third-order valence-corrected chi connectivity index (χ3v) is 1.49. The molecule has 0 aromatic heterocycles. The van der Waals surface area contributed by atoms with Crippen LogP contribution in [-0.2, 0) is 4.79 Å². The summed E-state index contributed by atoms with van der Waals surface area (Å²) in [5.41, 5.74) is 0. The highest BCUT2D eigenvalue weighted by atomic mass is 16.1. The van der Waals surface area contributed by atoms with Gasteiger partial charge in [-0.3, -0.25) is 4.79 Å². The molecule has 0 aliphatic heterocycles. The molecule has 0 radical (unpaired) electrons. The number of carbonyl (C=O) groups excluding carboxylic acids is 1. The number of nitrogens with zero attached hydrogens (tertiary/aromatic N) is 1. The Morgan fingerprint density at radius 3 is 2.58 bits per heavy atom. The fourth-order valence-corrected chi connectivity index (χ4v) is 0.927. The van der Waals surface area contributed by atoms with Crippen LogP contribution >= 0.6 is 0 Å². The fourth-order valence-electron chi connectivity index (χ4n) is 0.927. The first-order valence-electron chi connectivity index (χ1n) is 4.34. The largest absolute Gasteiger partial charge is 0.305 e. The summed E-state index contributed by atoms with van der Waals surface area (Å²) in [5, 5.41) is 0. The molecule has 68 valence electrons. The van der Waals surface area contributed by atoms with Gasteiger partial charge < -0.3 is 4.90 Å². The lowest BCUT2D eigenvalue weighted by Crippen LogP contribution is -2.19. The molecule has 0 atom stereocenters. The Labute approximate surface area is 74.9 Å². The van der Waals surface area contributed by atoms with E-state index in [1.807, 2.05) is 0 Å². The van der Waals surface area contributed by atoms with Gasteiger partial charge in [0, 0.05) is 19.9 Å². The second-order valence-corrected chi connectivity index (χ2v) is 2.91. The van der Waals surface area contributed by atoms with E-state index in [0.717, 1.165) is 25.9 Å². The van der Waals surface area contributed by atoms with Gasteiger partial charge in [-0.15, -0.1) is 0 Å². The molecule has 0 bridgehead atoms. The molecule has 2 heteroatoms. The molecule has 0 fully saturated rings. The van der Waals surface area contributed by atoms with Crippen molar-refractivity contribution in [3.63, 3.8) is 0 Å². The first kappa shape index (κ1) is 11.2. The lowest BCUT2D eigenvalue weighted by Gasteiger charge is -2.12. The van der Waals surface area contributed by atoms with Crippen molar-refractivity contribution in [2.45, 2.75) is 26.7 Å². The summed E-state index contributed by atoms with van der Waals surface area (Å²) in [7, 11) is 2.07. The summed E-state index contributed by atoms with van der Waals surface area (Å²) in [6.07, 6.45) is 1.95. The van der Waals surface area contributed by atoms with Gasteiger partial charge in [0.1, 0.15) is 0 Å². The average Bonchev–Trinajstić information content (AvgIpc) is 1.98. The molecule has 0 aliphatic carbocycles. The van der Waals surface area contributed by atoms with Crippen LogP contribution < -0.4 is 0 Å². The zero-order valence-corrected chi connectivity index (χ0v) is 8.18. The second-order valence-electron chi connectivity index (χ2n) is 2.91. The molecule has 0 unspecified atom stereocenters. The Kier molecular flexibility index (Phi) is 6.41. The highest BCUT2D eigenvalue weighted by molar-refractivity contribution is 5.93. The zero-order chi connectivity index (χ0) is 9.40. The monoisotopic (exact) mass is 167 g/mol. The van der Waals surface area contributed by atoms with Crippen LogP contribution in [0.5, 0.6) is 0 Å². The molecular weight excluding hydrogens is 150 g/mol. The van der Waals surface area contributed by atoms with Crippen molar-refractivity contribution < 1.29 is 4.79 Å². The predicted molar refractivity (Wildman–Crippen MR) is 50.9 cm³/mol. The maximum absolute atomic E-state index is 10.4. The third kappa shape index (κ3) is 7.30. The quantitative estimate of drug-likeness (QED) is 0.465. The van der Waals surface area contributed by atoms with E-state index >= 15 is 0 Å². The van der Waals surface area contributed by atoms with Crippen molar-refractivity contribution in [1.29, 1.82) is 0 Å². The van der Waals surface area contributed by atoms with Crippen LogP contribution in [0, 0.1) is 11.8 Å². The van der Waals surface area contributed by atoms with Gasteiger partial charge in [0.15, 0.2) is 0 Å². The summed E-state index contributed by atoms with van der Waals surface area (Å²) >= 11 is 0. The summed E-state index contributed by atoms with van der Waals surface area (Å²) in [4.78, 5) is 12.6. The van der Waals surface area contributed by atoms with Crippen molar-refractivity contribution in [2.24, 2.45) is 0 Å². The summed E-state index contributed by atoms with van der Waals surface area (Å²) < 4.78 is 0. The van der Waals surface area contributed by atoms with E-state index in [0.29, 0.717) is 0 Å². The van der Waals surface area contributed by atoms with E-state index in [4.69, 9.17) is 0 Å². The van der Waals surface area contributed by atoms with Crippen LogP contribution in [0.2, 0.25) is 0 Å². The molecule has 0 saturated heterocycles. The fraction of sp³-hybridized carbons (Fsp3) is 0.700. The Morgan fingerprint density at radius 1 is 1.42 bits per heavy atom. The maximum atomic E-state index is 10.4. The number of hydrogen-bond donors (Lipinski definition) is 0. The van der Waals surface area contributed by atoms with Gasteiger partial charge in [-0.25, -0.2) is 0 Å². The van der Waals surface area contributed by atoms with Gasteiger partial charge in [0.05, 0.1) is 0 Å². The van der Waals surface area contributed by atoms with Crippen LogP contribution in [0.15, 0.2) is 0 Å². The molecular formula is C10H17NO. The Hall–Kier alpha value is -0.810. The molecule has 0 aromatic carbocycles. The molecule has 12 heavy (non-hydrogen) atoms. The highest BCUT2D eigenvalue weighted by Gasteiger charge is 1.92. The van der Waals surface area contributed by atoms with Gasteiger partial charge >= 0.3 is 0 Å². The smallest absolute Gasteiger partial charge is 0.202 e. The average molecular weight is 167 g/mol. The molecule has 0 aromatic rings. The minimum Gasteiger partial charge on any atom is -0.305 e. The van der Waals surface area contributed by atoms with E-state index in [9.17, 15) is 4.79 Å². The second kappa shape index (κ2) is 6.87. The van der Waals surface area contributed by atoms with Gasteiger partial charge in [-0.2, -0.15) is 0 Å². The van der Waals surface area contributed by atoms with E-state index in [1.54, 1.807) is 0 Å². The molecule has 0 heterocycles.